The van der Waals surface area contributed by atoms with E-state index in [-0.39, 0.29) is 77.9 Å². The second-order valence-corrected chi connectivity index (χ2v) is 20.1. The van der Waals surface area contributed by atoms with E-state index in [2.05, 4.69) is 37.2 Å². The molecule has 0 aromatic heterocycles. The van der Waals surface area contributed by atoms with Crippen molar-refractivity contribution in [2.24, 2.45) is 11.7 Å². The molecule has 410 valence electrons. The van der Waals surface area contributed by atoms with Crippen molar-refractivity contribution < 1.29 is 73.7 Å². The minimum Gasteiger partial charge on any atom is -0.508 e. The maximum Gasteiger partial charge on any atom is 0.330 e. The van der Waals surface area contributed by atoms with Crippen LogP contribution in [0.15, 0.2) is 84.9 Å². The third-order valence-electron chi connectivity index (χ3n) is 13.3. The molecule has 5 aromatic rings. The lowest BCUT2D eigenvalue weighted by atomic mass is 9.90. The summed E-state index contributed by atoms with van der Waals surface area (Å²) in [5.74, 6) is -10.7. The van der Waals surface area contributed by atoms with Gasteiger partial charge < -0.3 is 77.7 Å². The van der Waals surface area contributed by atoms with Crippen LogP contribution in [0.1, 0.15) is 84.8 Å². The number of aliphatic hydroxyl groups excluding tert-OH is 2. The standard InChI is InChI=1S/C53H54Cl2N8O15/c1-21(2)11-31(57-3)48(70)62-43-45(67)24-7-9-35(29(54)13-24)77-37-15-26-16-38(47(37)69)78-36-10-8-25(14-30(36)55)46(68)44-52(74)61-42(53(75)76)28-17-27(64)18-34(65)40(28)22-5-4-6-23(12-22)41(50(72)63-44)58-20-33(26)60-49(71)32(19-39(56)66)59-51(43)73/h4-10,12-18,21,31-33,41-46,57-58,64-65,67-69H,11,19-20H2,1-3H3,(H2,56,66)(H,59,73)(H,60,71)(H,61,74)(H,62,70)(H,63,72)(H,75,76)/t31-,32+,33+,41-,42+,43-,44+,45-,46-/m1/s1. The highest BCUT2D eigenvalue weighted by atomic mass is 35.5. The van der Waals surface area contributed by atoms with Crippen LogP contribution < -0.4 is 52.4 Å². The molecule has 6 amide bonds. The average Bonchev–Trinajstić information content (AvgIpc) is 3.39. The molecule has 78 heavy (non-hydrogen) atoms. The molecule has 5 aliphatic heterocycles. The van der Waals surface area contributed by atoms with Crippen LogP contribution in [0.4, 0.5) is 0 Å². The number of hydrogen-bond acceptors (Lipinski definition) is 16. The highest BCUT2D eigenvalue weighted by Crippen LogP contribution is 2.47. The highest BCUT2D eigenvalue weighted by Gasteiger charge is 2.40. The van der Waals surface area contributed by atoms with Gasteiger partial charge in [0.05, 0.1) is 28.5 Å². The van der Waals surface area contributed by atoms with Gasteiger partial charge in [0.2, 0.25) is 41.2 Å². The molecular weight excluding hydrogens is 1060 g/mol. The van der Waals surface area contributed by atoms with Crippen molar-refractivity contribution in [3.05, 3.63) is 123 Å². The SMILES string of the molecule is CN[C@H](CC(C)C)C(=O)N[C@H]1C(=O)N[C@@H](CC(N)=O)C(=O)N[C@H]2CN[C@H]3C(=O)N[C@H](C(=O)N[C@H](C(=O)O)c4cc(O)cc(O)c4-c4cccc3c4)[C@H](O)c3ccc(c(Cl)c3)Oc3cc2cc(c3O)Oc2ccc(cc2Cl)[C@H]1O. The molecule has 0 radical (unpaired) electrons. The fourth-order valence-electron chi connectivity index (χ4n) is 9.39. The molecule has 5 aromatic carbocycles. The number of ether oxygens (including phenoxy) is 2. The van der Waals surface area contributed by atoms with Crippen molar-refractivity contribution in [3.63, 3.8) is 0 Å². The van der Waals surface area contributed by atoms with Gasteiger partial charge in [-0.3, -0.25) is 34.1 Å². The summed E-state index contributed by atoms with van der Waals surface area (Å²) in [7, 11) is 1.53. The van der Waals surface area contributed by atoms with Crippen LogP contribution in [0.25, 0.3) is 11.1 Å². The molecule has 0 aliphatic carbocycles. The zero-order chi connectivity index (χ0) is 56.4. The molecule has 9 atom stereocenters. The minimum atomic E-state index is -2.01. The summed E-state index contributed by atoms with van der Waals surface area (Å²) in [6.45, 7) is 3.22. The first-order valence-electron chi connectivity index (χ1n) is 24.3. The van der Waals surface area contributed by atoms with Gasteiger partial charge in [0.25, 0.3) is 0 Å². The minimum absolute atomic E-state index is 0.00564. The number of likely N-dealkylation sites (N-methyl/N-ethyl adjacent to an activating group) is 1. The van der Waals surface area contributed by atoms with Crippen LogP contribution in [-0.2, 0) is 33.6 Å². The van der Waals surface area contributed by atoms with Gasteiger partial charge in [0.1, 0.15) is 59.4 Å². The number of aliphatic hydroxyl groups is 2. The fourth-order valence-corrected chi connectivity index (χ4v) is 9.85. The zero-order valence-electron chi connectivity index (χ0n) is 41.7. The van der Waals surface area contributed by atoms with E-state index in [0.717, 1.165) is 12.1 Å². The summed E-state index contributed by atoms with van der Waals surface area (Å²) < 4.78 is 12.4. The maximum atomic E-state index is 15.0. The Labute approximate surface area is 454 Å². The van der Waals surface area contributed by atoms with Gasteiger partial charge in [-0.05, 0) is 95.7 Å². The lowest BCUT2D eigenvalue weighted by Crippen LogP contribution is -2.58. The van der Waals surface area contributed by atoms with Crippen molar-refractivity contribution in [2.75, 3.05) is 13.6 Å². The first-order valence-corrected chi connectivity index (χ1v) is 25.0. The summed E-state index contributed by atoms with van der Waals surface area (Å²) in [6, 6.07) is 6.36. The summed E-state index contributed by atoms with van der Waals surface area (Å²) in [4.78, 5) is 98.1. The van der Waals surface area contributed by atoms with E-state index in [1.54, 1.807) is 0 Å². The number of carbonyl (C=O) groups is 7. The Balaban J connectivity index is 1.33. The lowest BCUT2D eigenvalue weighted by Gasteiger charge is -2.31. The molecule has 15 N–H and O–H groups in total. The quantitative estimate of drug-likeness (QED) is 0.106. The molecule has 10 rings (SSSR count). The molecular formula is C53H54Cl2N8O15. The van der Waals surface area contributed by atoms with Crippen molar-refractivity contribution in [3.8, 4) is 51.4 Å². The van der Waals surface area contributed by atoms with Crippen LogP contribution in [0.3, 0.4) is 0 Å². The van der Waals surface area contributed by atoms with Crippen LogP contribution >= 0.6 is 23.2 Å². The average molecular weight is 1110 g/mol. The number of benzene rings is 5. The summed E-state index contributed by atoms with van der Waals surface area (Å²) in [5.41, 5.74) is 5.34. The van der Waals surface area contributed by atoms with Crippen LogP contribution in [0.2, 0.25) is 10.0 Å². The molecule has 23 nitrogen and oxygen atoms in total. The normalized spacial score (nSPS) is 22.8. The lowest BCUT2D eigenvalue weighted by molar-refractivity contribution is -0.143. The van der Waals surface area contributed by atoms with E-state index in [9.17, 15) is 64.2 Å². The van der Waals surface area contributed by atoms with E-state index < -0.39 is 126 Å². The van der Waals surface area contributed by atoms with E-state index in [4.69, 9.17) is 38.4 Å². The molecule has 0 unspecified atom stereocenters. The van der Waals surface area contributed by atoms with Gasteiger partial charge in [-0.2, -0.15) is 0 Å². The molecule has 0 saturated carbocycles. The number of amides is 6. The zero-order valence-corrected chi connectivity index (χ0v) is 43.2. The Morgan fingerprint density at radius 3 is 1.96 bits per heavy atom. The molecule has 0 saturated heterocycles. The van der Waals surface area contributed by atoms with Gasteiger partial charge >= 0.3 is 5.97 Å². The number of hydrogen-bond donors (Lipinski definition) is 14. The molecule has 5 heterocycles. The summed E-state index contributed by atoms with van der Waals surface area (Å²) >= 11 is 13.6. The predicted molar refractivity (Wildman–Crippen MR) is 278 cm³/mol. The number of phenols is 3. The van der Waals surface area contributed by atoms with Crippen molar-refractivity contribution in [1.29, 1.82) is 0 Å². The van der Waals surface area contributed by atoms with Gasteiger partial charge in [-0.25, -0.2) is 4.79 Å². The highest BCUT2D eigenvalue weighted by molar-refractivity contribution is 6.32. The maximum absolute atomic E-state index is 15.0. The number of nitrogens with one attached hydrogen (secondary N) is 7. The van der Waals surface area contributed by atoms with Gasteiger partial charge in [-0.15, -0.1) is 0 Å². The number of aliphatic carboxylic acids is 1. The summed E-state index contributed by atoms with van der Waals surface area (Å²) in [6.07, 6.45) is -4.37. The molecule has 25 heteroatoms. The number of carbonyl (C=O) groups excluding carboxylic acids is 6. The summed E-state index contributed by atoms with van der Waals surface area (Å²) in [5, 5.41) is 86.5. The Kier molecular flexibility index (Phi) is 16.7. The number of rotatable bonds is 8. The first-order chi connectivity index (χ1) is 37.0. The Bertz CT molecular complexity index is 3230. The van der Waals surface area contributed by atoms with Crippen LogP contribution in [0, 0.1) is 5.92 Å². The molecule has 5 aliphatic rings. The van der Waals surface area contributed by atoms with Crippen LogP contribution in [0.5, 0.6) is 40.2 Å². The number of carboxylic acids is 1. The molecule has 0 spiro atoms. The van der Waals surface area contributed by atoms with Gasteiger partial charge in [0.15, 0.2) is 17.5 Å². The molecule has 11 bridgehead atoms. The van der Waals surface area contributed by atoms with E-state index in [0.29, 0.717) is 6.42 Å². The van der Waals surface area contributed by atoms with Crippen molar-refractivity contribution in [1.82, 2.24) is 37.2 Å². The van der Waals surface area contributed by atoms with E-state index in [1.807, 2.05) is 13.8 Å². The predicted octanol–water partition coefficient (Wildman–Crippen LogP) is 3.16. The van der Waals surface area contributed by atoms with E-state index >= 15 is 0 Å². The monoisotopic (exact) mass is 1110 g/mol. The number of fused-ring (bicyclic) bond motifs is 15. The molecule has 0 fully saturated rings. The van der Waals surface area contributed by atoms with Gasteiger partial charge in [0, 0.05) is 23.7 Å². The smallest absolute Gasteiger partial charge is 0.330 e. The third kappa shape index (κ3) is 12.0. The number of primary amides is 1. The Morgan fingerprint density at radius 2 is 1.37 bits per heavy atom. The number of halogens is 2. The number of aromatic hydroxyl groups is 3. The fraction of sp³-hybridized carbons (Fsp3) is 0.302. The first kappa shape index (κ1) is 56.0. The second kappa shape index (κ2) is 23.2. The van der Waals surface area contributed by atoms with Gasteiger partial charge in [-0.1, -0.05) is 67.4 Å². The number of phenolic OH excluding ortho intramolecular Hbond substituents is 3. The second-order valence-electron chi connectivity index (χ2n) is 19.3. The van der Waals surface area contributed by atoms with Crippen molar-refractivity contribution >= 4 is 64.6 Å². The Hall–Kier alpha value is -8.19. The third-order valence-corrected chi connectivity index (χ3v) is 13.9. The topological polar surface area (TPSA) is 370 Å². The largest absolute Gasteiger partial charge is 0.508 e. The Morgan fingerprint density at radius 1 is 0.731 bits per heavy atom. The number of carboxylic acid groups (broad SMARTS) is 1. The number of nitrogens with two attached hydrogens (primary N) is 1. The van der Waals surface area contributed by atoms with Crippen LogP contribution in [-0.4, -0.2) is 110 Å². The van der Waals surface area contributed by atoms with Crippen molar-refractivity contribution in [2.45, 2.75) is 81.2 Å². The van der Waals surface area contributed by atoms with E-state index in [1.165, 1.54) is 79.8 Å².